The number of nitrogens with two attached hydrogens (primary N) is 1. The highest BCUT2D eigenvalue weighted by atomic mass is 35.5. The van der Waals surface area contributed by atoms with Gasteiger partial charge in [0.1, 0.15) is 24.0 Å². The van der Waals surface area contributed by atoms with E-state index in [9.17, 15) is 5.26 Å². The normalized spacial score (nSPS) is 15.3. The smallest absolute Gasteiger partial charge is 0.244 e. The molecule has 6 nitrogen and oxygen atoms in total. The molecule has 0 unspecified atom stereocenters. The molecule has 0 fully saturated rings. The highest BCUT2D eigenvalue weighted by Gasteiger charge is 2.36. The van der Waals surface area contributed by atoms with Crippen molar-refractivity contribution in [3.05, 3.63) is 85.9 Å². The van der Waals surface area contributed by atoms with Crippen molar-refractivity contribution in [2.75, 3.05) is 0 Å². The van der Waals surface area contributed by atoms with Crippen molar-refractivity contribution in [2.24, 2.45) is 5.73 Å². The number of hydrogen-bond acceptors (Lipinski definition) is 5. The van der Waals surface area contributed by atoms with Gasteiger partial charge in [-0.2, -0.15) is 5.26 Å². The van der Waals surface area contributed by atoms with Crippen LogP contribution in [0.4, 0.5) is 0 Å². The van der Waals surface area contributed by atoms with E-state index in [1.165, 1.54) is 0 Å². The molecule has 31 heavy (non-hydrogen) atoms. The molecular weight excluding hydrogens is 412 g/mol. The second-order valence-corrected chi connectivity index (χ2v) is 8.20. The number of fused-ring (bicyclic) bond motifs is 1. The fourth-order valence-corrected chi connectivity index (χ4v) is 4.41. The Morgan fingerprint density at radius 3 is 2.55 bits per heavy atom. The maximum Gasteiger partial charge on any atom is 0.244 e. The van der Waals surface area contributed by atoms with Crippen LogP contribution in [0.1, 0.15) is 45.0 Å². The van der Waals surface area contributed by atoms with E-state index in [2.05, 4.69) is 43.1 Å². The molecule has 0 saturated carbocycles. The number of ether oxygens (including phenoxy) is 2. The Morgan fingerprint density at radius 2 is 1.87 bits per heavy atom. The van der Waals surface area contributed by atoms with Crippen LogP contribution in [0.15, 0.2) is 41.8 Å². The molecule has 1 atom stereocenters. The largest absolute Gasteiger partial charge is 0.489 e. The van der Waals surface area contributed by atoms with E-state index < -0.39 is 0 Å². The van der Waals surface area contributed by atoms with Gasteiger partial charge < -0.3 is 15.2 Å². The highest BCUT2D eigenvalue weighted by molar-refractivity contribution is 6.30. The van der Waals surface area contributed by atoms with Crippen molar-refractivity contribution in [1.82, 2.24) is 10.2 Å². The van der Waals surface area contributed by atoms with Crippen LogP contribution < -0.4 is 15.2 Å². The molecule has 2 aromatic carbocycles. The molecule has 0 spiro atoms. The molecule has 7 heteroatoms. The van der Waals surface area contributed by atoms with Crippen molar-refractivity contribution >= 4 is 11.6 Å². The van der Waals surface area contributed by atoms with Crippen molar-refractivity contribution in [3.8, 4) is 17.7 Å². The SMILES string of the molecule is Cc1cc(C)c([C@H]2C(C#N)=C(N)Oc3n[nH]c(C)c32)c(C)c1COc1ccc(Cl)cc1. The Bertz CT molecular complexity index is 1240. The van der Waals surface area contributed by atoms with Crippen molar-refractivity contribution in [1.29, 1.82) is 5.26 Å². The van der Waals surface area contributed by atoms with Gasteiger partial charge >= 0.3 is 0 Å². The summed E-state index contributed by atoms with van der Waals surface area (Å²) in [6, 6.07) is 11.7. The number of halogens is 1. The summed E-state index contributed by atoms with van der Waals surface area (Å²) in [4.78, 5) is 0. The molecule has 0 saturated heterocycles. The van der Waals surface area contributed by atoms with Crippen LogP contribution in [0, 0.1) is 39.0 Å². The summed E-state index contributed by atoms with van der Waals surface area (Å²) >= 11 is 5.97. The molecule has 0 amide bonds. The number of hydrogen-bond donors (Lipinski definition) is 2. The van der Waals surface area contributed by atoms with E-state index in [1.54, 1.807) is 12.1 Å². The van der Waals surface area contributed by atoms with Crippen LogP contribution in [0.5, 0.6) is 11.6 Å². The van der Waals surface area contributed by atoms with Gasteiger partial charge in [-0.25, -0.2) is 0 Å². The Morgan fingerprint density at radius 1 is 1.16 bits per heavy atom. The minimum absolute atomic E-state index is 0.0878. The predicted molar refractivity (Wildman–Crippen MR) is 119 cm³/mol. The van der Waals surface area contributed by atoms with E-state index in [0.717, 1.165) is 44.8 Å². The van der Waals surface area contributed by atoms with E-state index in [0.29, 0.717) is 23.1 Å². The van der Waals surface area contributed by atoms with Gasteiger partial charge in [0.2, 0.25) is 11.8 Å². The standard InChI is InChI=1S/C24H23ClN4O2/c1-12-9-13(2)20(14(3)19(12)11-30-17-7-5-16(25)6-8-17)22-18(10-26)23(27)31-24-21(22)15(4)28-29-24/h5-9,22H,11,27H2,1-4H3,(H,28,29)/t22-/m1/s1. The molecule has 2 heterocycles. The van der Waals surface area contributed by atoms with Gasteiger partial charge in [0.05, 0.1) is 5.92 Å². The van der Waals surface area contributed by atoms with Crippen molar-refractivity contribution in [2.45, 2.75) is 40.2 Å². The van der Waals surface area contributed by atoms with Crippen LogP contribution in [0.25, 0.3) is 0 Å². The zero-order chi connectivity index (χ0) is 22.3. The third-order valence-corrected chi connectivity index (χ3v) is 6.06. The Hall–Kier alpha value is -3.43. The Balaban J connectivity index is 1.82. The minimum atomic E-state index is -0.359. The van der Waals surface area contributed by atoms with Gasteiger partial charge in [-0.05, 0) is 79.8 Å². The molecule has 1 aromatic heterocycles. The molecule has 4 rings (SSSR count). The van der Waals surface area contributed by atoms with Crippen LogP contribution in [-0.4, -0.2) is 10.2 Å². The lowest BCUT2D eigenvalue weighted by atomic mass is 9.78. The fraction of sp³-hybridized carbons (Fsp3) is 0.250. The van der Waals surface area contributed by atoms with Crippen LogP contribution >= 0.6 is 11.6 Å². The first kappa shape index (κ1) is 20.8. The first-order chi connectivity index (χ1) is 14.8. The summed E-state index contributed by atoms with van der Waals surface area (Å²) in [5.41, 5.74) is 13.5. The summed E-state index contributed by atoms with van der Waals surface area (Å²) in [5.74, 6) is 0.885. The predicted octanol–water partition coefficient (Wildman–Crippen LogP) is 5.09. The molecule has 3 N–H and O–H groups in total. The number of rotatable bonds is 4. The zero-order valence-corrected chi connectivity index (χ0v) is 18.6. The highest BCUT2D eigenvalue weighted by Crippen LogP contribution is 2.45. The maximum atomic E-state index is 9.89. The van der Waals surface area contributed by atoms with Crippen LogP contribution in [-0.2, 0) is 6.61 Å². The van der Waals surface area contributed by atoms with E-state index >= 15 is 0 Å². The van der Waals surface area contributed by atoms with Gasteiger partial charge in [-0.1, -0.05) is 17.7 Å². The summed E-state index contributed by atoms with van der Waals surface area (Å²) < 4.78 is 11.7. The number of aromatic amines is 1. The topological polar surface area (TPSA) is 97.0 Å². The molecule has 0 aliphatic carbocycles. The lowest BCUT2D eigenvalue weighted by Gasteiger charge is -2.28. The number of H-pyrrole nitrogens is 1. The van der Waals surface area contributed by atoms with Gasteiger partial charge in [0.15, 0.2) is 0 Å². The van der Waals surface area contributed by atoms with Gasteiger partial charge in [0.25, 0.3) is 0 Å². The minimum Gasteiger partial charge on any atom is -0.489 e. The molecule has 0 bridgehead atoms. The Labute approximate surface area is 186 Å². The van der Waals surface area contributed by atoms with E-state index in [1.807, 2.05) is 19.1 Å². The molecule has 3 aromatic rings. The lowest BCUT2D eigenvalue weighted by molar-refractivity contribution is 0.304. The van der Waals surface area contributed by atoms with Crippen LogP contribution in [0.2, 0.25) is 5.02 Å². The maximum absolute atomic E-state index is 9.89. The van der Waals surface area contributed by atoms with Crippen molar-refractivity contribution in [3.63, 3.8) is 0 Å². The second kappa shape index (κ2) is 8.01. The fourth-order valence-electron chi connectivity index (χ4n) is 4.28. The number of aryl methyl sites for hydroxylation is 3. The number of aromatic nitrogens is 2. The summed E-state index contributed by atoms with van der Waals surface area (Å²) in [7, 11) is 0. The number of nitrogens with one attached hydrogen (secondary N) is 1. The van der Waals surface area contributed by atoms with Gasteiger partial charge in [-0.3, -0.25) is 5.10 Å². The van der Waals surface area contributed by atoms with E-state index in [-0.39, 0.29) is 11.8 Å². The molecular formula is C24H23ClN4O2. The molecule has 1 aliphatic rings. The number of allylic oxidation sites excluding steroid dienone is 1. The number of nitriles is 1. The number of nitrogens with zero attached hydrogens (tertiary/aromatic N) is 2. The van der Waals surface area contributed by atoms with Gasteiger partial charge in [0, 0.05) is 16.3 Å². The van der Waals surface area contributed by atoms with Gasteiger partial charge in [-0.15, -0.1) is 5.10 Å². The summed E-state index contributed by atoms with van der Waals surface area (Å²) in [5, 5.41) is 17.7. The quantitative estimate of drug-likeness (QED) is 0.595. The number of benzene rings is 2. The summed E-state index contributed by atoms with van der Waals surface area (Å²) in [6.45, 7) is 8.50. The molecule has 158 valence electrons. The third-order valence-electron chi connectivity index (χ3n) is 5.81. The average Bonchev–Trinajstić information content (AvgIpc) is 3.09. The first-order valence-electron chi connectivity index (χ1n) is 9.92. The van der Waals surface area contributed by atoms with Crippen LogP contribution in [0.3, 0.4) is 0 Å². The monoisotopic (exact) mass is 434 g/mol. The van der Waals surface area contributed by atoms with E-state index in [4.69, 9.17) is 26.8 Å². The molecule has 1 aliphatic heterocycles. The average molecular weight is 435 g/mol. The third kappa shape index (κ3) is 3.62. The van der Waals surface area contributed by atoms with Crippen molar-refractivity contribution < 1.29 is 9.47 Å². The Kier molecular flexibility index (Phi) is 5.38. The molecule has 0 radical (unpaired) electrons. The second-order valence-electron chi connectivity index (χ2n) is 7.76. The summed E-state index contributed by atoms with van der Waals surface area (Å²) in [6.07, 6.45) is 0. The zero-order valence-electron chi connectivity index (χ0n) is 17.8. The first-order valence-corrected chi connectivity index (χ1v) is 10.3. The lowest BCUT2D eigenvalue weighted by Crippen LogP contribution is -2.22.